The highest BCUT2D eigenvalue weighted by Gasteiger charge is 2.49. The number of hydrogen-bond donors (Lipinski definition) is 1. The van der Waals surface area contributed by atoms with Crippen LogP contribution in [-0.4, -0.2) is 35.5 Å². The summed E-state index contributed by atoms with van der Waals surface area (Å²) >= 11 is 0. The fourth-order valence-corrected chi connectivity index (χ4v) is 3.35. The Hall–Kier alpha value is -2.44. The van der Waals surface area contributed by atoms with Gasteiger partial charge in [-0.3, -0.25) is 14.5 Å². The van der Waals surface area contributed by atoms with Gasteiger partial charge in [0.25, 0.3) is 5.91 Å². The van der Waals surface area contributed by atoms with Crippen molar-refractivity contribution in [2.24, 2.45) is 0 Å². The van der Waals surface area contributed by atoms with Gasteiger partial charge < -0.3 is 10.1 Å². The topological polar surface area (TPSA) is 75.7 Å². The number of halogens is 1. The molecule has 1 heterocycles. The number of nitrogens with one attached hydrogen (secondary N) is 1. The molecular formula is C18H21FN2O4. The minimum absolute atomic E-state index is 0.134. The molecule has 1 unspecified atom stereocenters. The first-order valence-corrected chi connectivity index (χ1v) is 8.50. The first-order chi connectivity index (χ1) is 11.9. The van der Waals surface area contributed by atoms with Crippen molar-refractivity contribution in [1.29, 1.82) is 0 Å². The number of esters is 1. The van der Waals surface area contributed by atoms with Gasteiger partial charge in [0.15, 0.2) is 0 Å². The number of amides is 3. The van der Waals surface area contributed by atoms with E-state index >= 15 is 0 Å². The molecule has 3 rings (SSSR count). The van der Waals surface area contributed by atoms with Gasteiger partial charge in [0.2, 0.25) is 0 Å². The van der Waals surface area contributed by atoms with E-state index in [4.69, 9.17) is 4.74 Å². The first kappa shape index (κ1) is 17.4. The van der Waals surface area contributed by atoms with Gasteiger partial charge in [-0.2, -0.15) is 0 Å². The van der Waals surface area contributed by atoms with E-state index in [1.807, 2.05) is 0 Å². The SMILES string of the molecule is CC1(c2ccc(F)cc2)NC(=O)N(CC(=O)OC2CCCCC2)C1=O. The van der Waals surface area contributed by atoms with E-state index in [0.29, 0.717) is 5.56 Å². The molecule has 1 atom stereocenters. The van der Waals surface area contributed by atoms with E-state index in [0.717, 1.165) is 37.0 Å². The molecule has 1 saturated carbocycles. The maximum absolute atomic E-state index is 13.1. The van der Waals surface area contributed by atoms with Crippen LogP contribution in [0.5, 0.6) is 0 Å². The molecule has 3 amide bonds. The molecule has 1 aromatic rings. The number of urea groups is 1. The molecule has 0 spiro atoms. The van der Waals surface area contributed by atoms with Crippen molar-refractivity contribution in [3.63, 3.8) is 0 Å². The highest BCUT2D eigenvalue weighted by Crippen LogP contribution is 2.29. The summed E-state index contributed by atoms with van der Waals surface area (Å²) in [6.07, 6.45) is 4.67. The maximum Gasteiger partial charge on any atom is 0.326 e. The third-order valence-corrected chi connectivity index (χ3v) is 4.83. The zero-order valence-corrected chi connectivity index (χ0v) is 14.1. The minimum atomic E-state index is -1.32. The maximum atomic E-state index is 13.1. The molecule has 0 bridgehead atoms. The molecule has 1 saturated heterocycles. The average Bonchev–Trinajstić information content (AvgIpc) is 2.80. The first-order valence-electron chi connectivity index (χ1n) is 8.50. The predicted molar refractivity (Wildman–Crippen MR) is 87.0 cm³/mol. The molecule has 2 aliphatic rings. The average molecular weight is 348 g/mol. The van der Waals surface area contributed by atoms with Gasteiger partial charge >= 0.3 is 12.0 Å². The third-order valence-electron chi connectivity index (χ3n) is 4.83. The Morgan fingerprint density at radius 1 is 1.24 bits per heavy atom. The lowest BCUT2D eigenvalue weighted by Gasteiger charge is -2.24. The van der Waals surface area contributed by atoms with Crippen LogP contribution in [0.1, 0.15) is 44.6 Å². The summed E-state index contributed by atoms with van der Waals surface area (Å²) in [4.78, 5) is 37.8. The Kier molecular flexibility index (Phi) is 4.74. The van der Waals surface area contributed by atoms with Crippen molar-refractivity contribution in [2.75, 3.05) is 6.54 Å². The highest BCUT2D eigenvalue weighted by molar-refractivity contribution is 6.08. The van der Waals surface area contributed by atoms with E-state index in [2.05, 4.69) is 5.32 Å². The lowest BCUT2D eigenvalue weighted by molar-refractivity contribution is -0.153. The Morgan fingerprint density at radius 2 is 1.88 bits per heavy atom. The van der Waals surface area contributed by atoms with Crippen LogP contribution in [0, 0.1) is 5.82 Å². The number of rotatable bonds is 4. The second-order valence-corrected chi connectivity index (χ2v) is 6.70. The van der Waals surface area contributed by atoms with Gasteiger partial charge in [-0.15, -0.1) is 0 Å². The number of imide groups is 1. The van der Waals surface area contributed by atoms with Crippen molar-refractivity contribution in [1.82, 2.24) is 10.2 Å². The van der Waals surface area contributed by atoms with Crippen LogP contribution in [0.25, 0.3) is 0 Å². The largest absolute Gasteiger partial charge is 0.461 e. The number of benzene rings is 1. The molecule has 1 aliphatic heterocycles. The van der Waals surface area contributed by atoms with Crippen LogP contribution < -0.4 is 5.32 Å². The van der Waals surface area contributed by atoms with Gasteiger partial charge in [0, 0.05) is 0 Å². The number of carbonyl (C=O) groups excluding carboxylic acids is 3. The van der Waals surface area contributed by atoms with Gasteiger partial charge in [-0.1, -0.05) is 18.6 Å². The van der Waals surface area contributed by atoms with Crippen LogP contribution in [0.4, 0.5) is 9.18 Å². The standard InChI is InChI=1S/C18H21FN2O4/c1-18(12-7-9-13(19)10-8-12)16(23)21(17(24)20-18)11-15(22)25-14-5-3-2-4-6-14/h7-10,14H,2-6,11H2,1H3,(H,20,24). The lowest BCUT2D eigenvalue weighted by atomic mass is 9.92. The minimum Gasteiger partial charge on any atom is -0.461 e. The summed E-state index contributed by atoms with van der Waals surface area (Å²) in [6.45, 7) is 1.12. The van der Waals surface area contributed by atoms with Crippen LogP contribution >= 0.6 is 0 Å². The zero-order chi connectivity index (χ0) is 18.0. The second-order valence-electron chi connectivity index (χ2n) is 6.70. The van der Waals surface area contributed by atoms with E-state index in [-0.39, 0.29) is 6.10 Å². The van der Waals surface area contributed by atoms with Crippen molar-refractivity contribution >= 4 is 17.9 Å². The number of nitrogens with zero attached hydrogens (tertiary/aromatic N) is 1. The summed E-state index contributed by atoms with van der Waals surface area (Å²) in [5, 5.41) is 2.58. The summed E-state index contributed by atoms with van der Waals surface area (Å²) < 4.78 is 18.5. The molecular weight excluding hydrogens is 327 g/mol. The second kappa shape index (κ2) is 6.82. The normalized spacial score (nSPS) is 24.3. The van der Waals surface area contributed by atoms with E-state index < -0.39 is 35.8 Å². The molecule has 6 nitrogen and oxygen atoms in total. The fourth-order valence-electron chi connectivity index (χ4n) is 3.35. The number of carbonyl (C=O) groups is 3. The van der Waals surface area contributed by atoms with Gasteiger partial charge in [-0.05, 0) is 50.3 Å². The molecule has 7 heteroatoms. The number of hydrogen-bond acceptors (Lipinski definition) is 4. The van der Waals surface area contributed by atoms with E-state index in [1.54, 1.807) is 0 Å². The third kappa shape index (κ3) is 3.50. The molecule has 134 valence electrons. The Labute approximate surface area is 145 Å². The van der Waals surface area contributed by atoms with Gasteiger partial charge in [-0.25, -0.2) is 9.18 Å². The molecule has 2 fully saturated rings. The molecule has 25 heavy (non-hydrogen) atoms. The van der Waals surface area contributed by atoms with Crippen molar-refractivity contribution < 1.29 is 23.5 Å². The summed E-state index contributed by atoms with van der Waals surface area (Å²) in [5.41, 5.74) is -0.869. The zero-order valence-electron chi connectivity index (χ0n) is 14.1. The van der Waals surface area contributed by atoms with Gasteiger partial charge in [0.1, 0.15) is 24.0 Å². The molecule has 1 aliphatic carbocycles. The van der Waals surface area contributed by atoms with Gasteiger partial charge in [0.05, 0.1) is 0 Å². The monoisotopic (exact) mass is 348 g/mol. The quantitative estimate of drug-likeness (QED) is 0.670. The van der Waals surface area contributed by atoms with E-state index in [1.165, 1.54) is 31.2 Å². The van der Waals surface area contributed by atoms with Crippen LogP contribution in [0.3, 0.4) is 0 Å². The predicted octanol–water partition coefficient (Wildman–Crippen LogP) is 2.47. The van der Waals surface area contributed by atoms with Crippen LogP contribution in [0.2, 0.25) is 0 Å². The summed E-state index contributed by atoms with van der Waals surface area (Å²) in [7, 11) is 0. The molecule has 0 radical (unpaired) electrons. The Balaban J connectivity index is 1.68. The van der Waals surface area contributed by atoms with Crippen molar-refractivity contribution in [3.8, 4) is 0 Å². The van der Waals surface area contributed by atoms with Crippen molar-refractivity contribution in [3.05, 3.63) is 35.6 Å². The number of ether oxygens (including phenoxy) is 1. The Bertz CT molecular complexity index is 685. The Morgan fingerprint density at radius 3 is 2.52 bits per heavy atom. The summed E-state index contributed by atoms with van der Waals surface area (Å²) in [5.74, 6) is -1.57. The highest BCUT2D eigenvalue weighted by atomic mass is 19.1. The summed E-state index contributed by atoms with van der Waals surface area (Å²) in [6, 6.07) is 4.67. The smallest absolute Gasteiger partial charge is 0.326 e. The van der Waals surface area contributed by atoms with E-state index in [9.17, 15) is 18.8 Å². The van der Waals surface area contributed by atoms with Crippen molar-refractivity contribution in [2.45, 2.75) is 50.7 Å². The lowest BCUT2D eigenvalue weighted by Crippen LogP contribution is -2.42. The molecule has 1 aromatic carbocycles. The molecule has 1 N–H and O–H groups in total. The van der Waals surface area contributed by atoms with Crippen LogP contribution in [-0.2, 0) is 19.9 Å². The van der Waals surface area contributed by atoms with Crippen LogP contribution in [0.15, 0.2) is 24.3 Å². The fraction of sp³-hybridized carbons (Fsp3) is 0.500. The molecule has 0 aromatic heterocycles.